The number of benzene rings is 2. The molecule has 1 heterocycles. The van der Waals surface area contributed by atoms with Crippen LogP contribution < -0.4 is 11.1 Å². The van der Waals surface area contributed by atoms with Gasteiger partial charge in [0.25, 0.3) is 0 Å². The zero-order valence-corrected chi connectivity index (χ0v) is 11.9. The third-order valence-corrected chi connectivity index (χ3v) is 4.16. The number of thiophene rings is 1. The fraction of sp³-hybridized carbons (Fsp3) is 0.0667. The molecule has 1 aromatic heterocycles. The molecule has 0 aliphatic rings. The summed E-state index contributed by atoms with van der Waals surface area (Å²) in [5.74, 6) is -1.30. The molecule has 0 amide bonds. The maximum Gasteiger partial charge on any atom is 0.419 e. The molecule has 0 atom stereocenters. The molecule has 0 aliphatic heterocycles. The highest BCUT2D eigenvalue weighted by molar-refractivity contribution is 7.23. The Balaban J connectivity index is 2.04. The molecule has 22 heavy (non-hydrogen) atoms. The van der Waals surface area contributed by atoms with Crippen LogP contribution >= 0.6 is 11.3 Å². The first-order valence-corrected chi connectivity index (χ1v) is 7.08. The van der Waals surface area contributed by atoms with Crippen LogP contribution in [-0.4, -0.2) is 0 Å². The van der Waals surface area contributed by atoms with Crippen molar-refractivity contribution in [2.75, 3.05) is 11.1 Å². The zero-order valence-electron chi connectivity index (χ0n) is 11.0. The lowest BCUT2D eigenvalue weighted by molar-refractivity contribution is -0.139. The third kappa shape index (κ3) is 2.59. The number of nitrogens with two attached hydrogens (primary N) is 1. The lowest BCUT2D eigenvalue weighted by atomic mass is 10.1. The maximum atomic E-state index is 13.3. The first-order valence-electron chi connectivity index (χ1n) is 6.27. The second-order valence-electron chi connectivity index (χ2n) is 4.65. The van der Waals surface area contributed by atoms with Gasteiger partial charge < -0.3 is 11.1 Å². The SMILES string of the molecule is Nc1sc2ccccc2c1Nc1ccc(F)c(C(F)(F)F)c1. The van der Waals surface area contributed by atoms with E-state index < -0.39 is 17.6 Å². The van der Waals surface area contributed by atoms with Crippen molar-refractivity contribution < 1.29 is 17.6 Å². The van der Waals surface area contributed by atoms with Gasteiger partial charge in [0.05, 0.1) is 11.3 Å². The Morgan fingerprint density at radius 1 is 1.05 bits per heavy atom. The summed E-state index contributed by atoms with van der Waals surface area (Å²) in [6.45, 7) is 0. The molecule has 3 aromatic rings. The first-order chi connectivity index (χ1) is 10.4. The van der Waals surface area contributed by atoms with E-state index in [0.29, 0.717) is 10.7 Å². The van der Waals surface area contributed by atoms with Gasteiger partial charge in [-0.1, -0.05) is 18.2 Å². The third-order valence-electron chi connectivity index (χ3n) is 3.16. The number of nitrogens with one attached hydrogen (secondary N) is 1. The molecule has 0 unspecified atom stereocenters. The minimum Gasteiger partial charge on any atom is -0.389 e. The summed E-state index contributed by atoms with van der Waals surface area (Å²) in [5, 5.41) is 4.12. The van der Waals surface area contributed by atoms with Crippen LogP contribution in [0.4, 0.5) is 33.9 Å². The predicted molar refractivity (Wildman–Crippen MR) is 80.9 cm³/mol. The quantitative estimate of drug-likeness (QED) is 0.620. The summed E-state index contributed by atoms with van der Waals surface area (Å²) in [7, 11) is 0. The Labute approximate surface area is 127 Å². The molecule has 2 aromatic carbocycles. The van der Waals surface area contributed by atoms with Crippen LogP contribution in [0.2, 0.25) is 0 Å². The summed E-state index contributed by atoms with van der Waals surface area (Å²) in [6, 6.07) is 10.1. The van der Waals surface area contributed by atoms with Crippen molar-refractivity contribution in [3.05, 3.63) is 53.8 Å². The van der Waals surface area contributed by atoms with Gasteiger partial charge in [-0.15, -0.1) is 11.3 Å². The lowest BCUT2D eigenvalue weighted by Crippen LogP contribution is -2.08. The molecular formula is C15H10F4N2S. The minimum absolute atomic E-state index is 0.129. The second-order valence-corrected chi connectivity index (χ2v) is 5.74. The summed E-state index contributed by atoms with van der Waals surface area (Å²) in [5.41, 5.74) is 5.26. The highest BCUT2D eigenvalue weighted by atomic mass is 32.1. The van der Waals surface area contributed by atoms with Gasteiger partial charge in [-0.2, -0.15) is 13.2 Å². The van der Waals surface area contributed by atoms with Crippen LogP contribution in [0.15, 0.2) is 42.5 Å². The van der Waals surface area contributed by atoms with Crippen LogP contribution in [0, 0.1) is 5.82 Å². The van der Waals surface area contributed by atoms with Crippen LogP contribution in [0.3, 0.4) is 0 Å². The average molecular weight is 326 g/mol. The van der Waals surface area contributed by atoms with Crippen molar-refractivity contribution in [2.45, 2.75) is 6.18 Å². The number of fused-ring (bicyclic) bond motifs is 1. The van der Waals surface area contributed by atoms with Gasteiger partial charge in [0.15, 0.2) is 0 Å². The molecule has 0 fully saturated rings. The zero-order chi connectivity index (χ0) is 15.9. The van der Waals surface area contributed by atoms with Crippen molar-refractivity contribution in [1.29, 1.82) is 0 Å². The van der Waals surface area contributed by atoms with Crippen LogP contribution in [0.5, 0.6) is 0 Å². The average Bonchev–Trinajstić information content (AvgIpc) is 2.76. The molecule has 0 spiro atoms. The predicted octanol–water partition coefficient (Wildman–Crippen LogP) is 5.39. The van der Waals surface area contributed by atoms with Crippen LogP contribution in [0.1, 0.15) is 5.56 Å². The summed E-state index contributed by atoms with van der Waals surface area (Å²) < 4.78 is 52.5. The molecule has 7 heteroatoms. The van der Waals surface area contributed by atoms with E-state index in [1.807, 2.05) is 24.3 Å². The van der Waals surface area contributed by atoms with E-state index in [0.717, 1.165) is 22.2 Å². The summed E-state index contributed by atoms with van der Waals surface area (Å²) in [6.07, 6.45) is -4.75. The van der Waals surface area contributed by atoms with E-state index in [-0.39, 0.29) is 5.69 Å². The number of alkyl halides is 3. The van der Waals surface area contributed by atoms with E-state index in [1.165, 1.54) is 17.4 Å². The van der Waals surface area contributed by atoms with E-state index in [4.69, 9.17) is 5.73 Å². The smallest absolute Gasteiger partial charge is 0.389 e. The van der Waals surface area contributed by atoms with Gasteiger partial charge in [0, 0.05) is 15.8 Å². The van der Waals surface area contributed by atoms with Crippen molar-refractivity contribution >= 4 is 37.8 Å². The minimum atomic E-state index is -4.75. The second kappa shape index (κ2) is 5.17. The first kappa shape index (κ1) is 14.6. The lowest BCUT2D eigenvalue weighted by Gasteiger charge is -2.12. The molecule has 0 saturated heterocycles. The van der Waals surface area contributed by atoms with E-state index in [2.05, 4.69) is 5.32 Å². The highest BCUT2D eigenvalue weighted by Gasteiger charge is 2.34. The highest BCUT2D eigenvalue weighted by Crippen LogP contribution is 2.40. The molecule has 114 valence electrons. The van der Waals surface area contributed by atoms with E-state index >= 15 is 0 Å². The number of anilines is 3. The van der Waals surface area contributed by atoms with Crippen LogP contribution in [-0.2, 0) is 6.18 Å². The molecular weight excluding hydrogens is 316 g/mol. The Hall–Kier alpha value is -2.28. The van der Waals surface area contributed by atoms with E-state index in [9.17, 15) is 17.6 Å². The number of halogens is 4. The molecule has 0 bridgehead atoms. The van der Waals surface area contributed by atoms with Gasteiger partial charge >= 0.3 is 6.18 Å². The van der Waals surface area contributed by atoms with Gasteiger partial charge in [0.1, 0.15) is 10.8 Å². The monoisotopic (exact) mass is 326 g/mol. The molecule has 3 rings (SSSR count). The molecule has 0 aliphatic carbocycles. The van der Waals surface area contributed by atoms with Crippen molar-refractivity contribution in [3.8, 4) is 0 Å². The van der Waals surface area contributed by atoms with Gasteiger partial charge in [0.2, 0.25) is 0 Å². The van der Waals surface area contributed by atoms with Crippen molar-refractivity contribution in [3.63, 3.8) is 0 Å². The Bertz CT molecular complexity index is 839. The maximum absolute atomic E-state index is 13.3. The van der Waals surface area contributed by atoms with Gasteiger partial charge in [-0.05, 0) is 24.3 Å². The number of rotatable bonds is 2. The normalized spacial score (nSPS) is 11.8. The Morgan fingerprint density at radius 3 is 2.50 bits per heavy atom. The topological polar surface area (TPSA) is 38.0 Å². The van der Waals surface area contributed by atoms with Crippen molar-refractivity contribution in [1.82, 2.24) is 0 Å². The van der Waals surface area contributed by atoms with E-state index in [1.54, 1.807) is 0 Å². The summed E-state index contributed by atoms with van der Waals surface area (Å²) >= 11 is 1.33. The van der Waals surface area contributed by atoms with Crippen LogP contribution in [0.25, 0.3) is 10.1 Å². The summed E-state index contributed by atoms with van der Waals surface area (Å²) in [4.78, 5) is 0. The molecule has 0 saturated carbocycles. The fourth-order valence-corrected chi connectivity index (χ4v) is 3.08. The fourth-order valence-electron chi connectivity index (χ4n) is 2.16. The van der Waals surface area contributed by atoms with Gasteiger partial charge in [-0.25, -0.2) is 4.39 Å². The Kier molecular flexibility index (Phi) is 3.44. The number of hydrogen-bond donors (Lipinski definition) is 2. The molecule has 3 N–H and O–H groups in total. The van der Waals surface area contributed by atoms with Crippen molar-refractivity contribution in [2.24, 2.45) is 0 Å². The standard InChI is InChI=1S/C15H10F4N2S/c16-11-6-5-8(7-10(11)15(17,18)19)21-13-9-3-1-2-4-12(9)22-14(13)20/h1-7,21H,20H2. The number of nitrogen functional groups attached to an aromatic ring is 1. The Morgan fingerprint density at radius 2 is 1.77 bits per heavy atom. The van der Waals surface area contributed by atoms with Gasteiger partial charge in [-0.3, -0.25) is 0 Å². The largest absolute Gasteiger partial charge is 0.419 e. The molecule has 2 nitrogen and oxygen atoms in total. The molecule has 0 radical (unpaired) electrons. The number of hydrogen-bond acceptors (Lipinski definition) is 3.